The Morgan fingerprint density at radius 2 is 2.35 bits per heavy atom. The molecule has 17 heavy (non-hydrogen) atoms. The summed E-state index contributed by atoms with van der Waals surface area (Å²) in [6.07, 6.45) is 4.76. The molecule has 2 aliphatic rings. The fourth-order valence-electron chi connectivity index (χ4n) is 2.85. The number of piperazine rings is 1. The number of aromatic nitrogens is 1. The molecule has 3 unspecified atom stereocenters. The first-order valence-corrected chi connectivity index (χ1v) is 7.52. The molecule has 1 N–H and O–H groups in total. The van der Waals surface area contributed by atoms with E-state index < -0.39 is 0 Å². The molecular formula is C13H21N3S. The van der Waals surface area contributed by atoms with Gasteiger partial charge in [0.1, 0.15) is 5.01 Å². The second-order valence-corrected chi connectivity index (χ2v) is 6.37. The van der Waals surface area contributed by atoms with Crippen molar-refractivity contribution in [3.8, 4) is 0 Å². The number of hydrogen-bond donors (Lipinski definition) is 1. The van der Waals surface area contributed by atoms with Crippen molar-refractivity contribution >= 4 is 11.3 Å². The van der Waals surface area contributed by atoms with E-state index in [1.807, 2.05) is 6.20 Å². The van der Waals surface area contributed by atoms with Crippen LogP contribution in [-0.2, 0) is 0 Å². The minimum atomic E-state index is 0.466. The Kier molecular flexibility index (Phi) is 3.19. The highest BCUT2D eigenvalue weighted by Gasteiger charge is 2.37. The van der Waals surface area contributed by atoms with Gasteiger partial charge < -0.3 is 5.32 Å². The van der Waals surface area contributed by atoms with Crippen molar-refractivity contribution in [3.63, 3.8) is 0 Å². The van der Waals surface area contributed by atoms with E-state index in [-0.39, 0.29) is 0 Å². The van der Waals surface area contributed by atoms with Crippen LogP contribution in [0.4, 0.5) is 0 Å². The summed E-state index contributed by atoms with van der Waals surface area (Å²) in [7, 11) is 0. The first kappa shape index (κ1) is 11.6. The summed E-state index contributed by atoms with van der Waals surface area (Å²) in [6, 6.07) is 1.80. The summed E-state index contributed by atoms with van der Waals surface area (Å²) in [5, 5.41) is 7.04. The van der Waals surface area contributed by atoms with Crippen LogP contribution in [-0.4, -0.2) is 35.1 Å². The van der Waals surface area contributed by atoms with Gasteiger partial charge in [0, 0.05) is 36.8 Å². The van der Waals surface area contributed by atoms with E-state index in [9.17, 15) is 0 Å². The summed E-state index contributed by atoms with van der Waals surface area (Å²) >= 11 is 1.78. The molecule has 1 aromatic heterocycles. The molecular weight excluding hydrogens is 230 g/mol. The Morgan fingerprint density at radius 3 is 3.00 bits per heavy atom. The standard InChI is InChI=1S/C13H21N3S/c1-9-7-15-12(11-3-4-11)8-16(9)10(2)13-14-5-6-17-13/h5-6,9-12,15H,3-4,7-8H2,1-2H3. The van der Waals surface area contributed by atoms with Gasteiger partial charge in [-0.3, -0.25) is 4.90 Å². The number of nitrogens with zero attached hydrogens (tertiary/aromatic N) is 2. The van der Waals surface area contributed by atoms with Gasteiger partial charge >= 0.3 is 0 Å². The molecule has 0 radical (unpaired) electrons. The molecule has 1 saturated heterocycles. The van der Waals surface area contributed by atoms with Gasteiger partial charge in [-0.05, 0) is 32.6 Å². The van der Waals surface area contributed by atoms with Gasteiger partial charge in [-0.1, -0.05) is 0 Å². The molecule has 0 aromatic carbocycles. The van der Waals surface area contributed by atoms with E-state index in [2.05, 4.69) is 34.4 Å². The average molecular weight is 251 g/mol. The lowest BCUT2D eigenvalue weighted by atomic mass is 10.0. The number of rotatable bonds is 3. The van der Waals surface area contributed by atoms with Gasteiger partial charge in [-0.25, -0.2) is 4.98 Å². The zero-order chi connectivity index (χ0) is 11.8. The molecule has 4 heteroatoms. The maximum atomic E-state index is 4.47. The molecule has 1 aromatic rings. The normalized spacial score (nSPS) is 32.6. The van der Waals surface area contributed by atoms with E-state index in [4.69, 9.17) is 0 Å². The van der Waals surface area contributed by atoms with Gasteiger partial charge in [0.05, 0.1) is 6.04 Å². The molecule has 2 fully saturated rings. The molecule has 0 bridgehead atoms. The Labute approximate surface area is 107 Å². The fourth-order valence-corrected chi connectivity index (χ4v) is 3.56. The van der Waals surface area contributed by atoms with Gasteiger partial charge in [0.15, 0.2) is 0 Å². The van der Waals surface area contributed by atoms with Crippen molar-refractivity contribution in [1.82, 2.24) is 15.2 Å². The van der Waals surface area contributed by atoms with Gasteiger partial charge in [0.25, 0.3) is 0 Å². The first-order valence-electron chi connectivity index (χ1n) is 6.64. The molecule has 0 spiro atoms. The molecule has 3 nitrogen and oxygen atoms in total. The van der Waals surface area contributed by atoms with Crippen LogP contribution in [0.1, 0.15) is 37.7 Å². The summed E-state index contributed by atoms with van der Waals surface area (Å²) in [5.41, 5.74) is 0. The monoisotopic (exact) mass is 251 g/mol. The maximum Gasteiger partial charge on any atom is 0.109 e. The van der Waals surface area contributed by atoms with Crippen LogP contribution < -0.4 is 5.32 Å². The molecule has 94 valence electrons. The highest BCUT2D eigenvalue weighted by atomic mass is 32.1. The minimum Gasteiger partial charge on any atom is -0.311 e. The zero-order valence-electron chi connectivity index (χ0n) is 10.6. The second-order valence-electron chi connectivity index (χ2n) is 5.44. The summed E-state index contributed by atoms with van der Waals surface area (Å²) in [5.74, 6) is 0.938. The predicted molar refractivity (Wildman–Crippen MR) is 71.2 cm³/mol. The van der Waals surface area contributed by atoms with E-state index in [0.717, 1.165) is 12.5 Å². The highest BCUT2D eigenvalue weighted by molar-refractivity contribution is 7.09. The van der Waals surface area contributed by atoms with Crippen molar-refractivity contribution in [3.05, 3.63) is 16.6 Å². The lowest BCUT2D eigenvalue weighted by Crippen LogP contribution is -2.56. The van der Waals surface area contributed by atoms with Crippen molar-refractivity contribution in [2.24, 2.45) is 5.92 Å². The first-order chi connectivity index (χ1) is 8.25. The van der Waals surface area contributed by atoms with Gasteiger partial charge in [0.2, 0.25) is 0 Å². The van der Waals surface area contributed by atoms with Crippen molar-refractivity contribution in [2.45, 2.75) is 44.8 Å². The highest BCUT2D eigenvalue weighted by Crippen LogP contribution is 2.36. The smallest absolute Gasteiger partial charge is 0.109 e. The topological polar surface area (TPSA) is 28.2 Å². The Morgan fingerprint density at radius 1 is 1.53 bits per heavy atom. The molecule has 3 atom stereocenters. The Bertz CT molecular complexity index is 361. The third kappa shape index (κ3) is 2.39. The van der Waals surface area contributed by atoms with E-state index in [1.165, 1.54) is 24.4 Å². The quantitative estimate of drug-likeness (QED) is 0.893. The van der Waals surface area contributed by atoms with Crippen LogP contribution in [0.5, 0.6) is 0 Å². The molecule has 0 amide bonds. The number of nitrogens with one attached hydrogen (secondary N) is 1. The molecule has 1 saturated carbocycles. The van der Waals surface area contributed by atoms with Crippen molar-refractivity contribution < 1.29 is 0 Å². The summed E-state index contributed by atoms with van der Waals surface area (Å²) in [6.45, 7) is 6.92. The second kappa shape index (κ2) is 4.67. The van der Waals surface area contributed by atoms with Crippen LogP contribution in [0.25, 0.3) is 0 Å². The molecule has 1 aliphatic heterocycles. The minimum absolute atomic E-state index is 0.466. The number of hydrogen-bond acceptors (Lipinski definition) is 4. The number of thiazole rings is 1. The van der Waals surface area contributed by atoms with Crippen molar-refractivity contribution in [1.29, 1.82) is 0 Å². The predicted octanol–water partition coefficient (Wildman–Crippen LogP) is 2.28. The lowest BCUT2D eigenvalue weighted by molar-refractivity contribution is 0.0923. The largest absolute Gasteiger partial charge is 0.311 e. The van der Waals surface area contributed by atoms with Crippen LogP contribution in [0.2, 0.25) is 0 Å². The van der Waals surface area contributed by atoms with Crippen LogP contribution in [0.3, 0.4) is 0 Å². The zero-order valence-corrected chi connectivity index (χ0v) is 11.4. The van der Waals surface area contributed by atoms with Gasteiger partial charge in [-0.15, -0.1) is 11.3 Å². The lowest BCUT2D eigenvalue weighted by Gasteiger charge is -2.41. The van der Waals surface area contributed by atoms with Crippen LogP contribution in [0, 0.1) is 5.92 Å². The SMILES string of the molecule is CC1CNC(C2CC2)CN1C(C)c1nccs1. The van der Waals surface area contributed by atoms with Gasteiger partial charge in [-0.2, -0.15) is 0 Å². The maximum absolute atomic E-state index is 4.47. The third-order valence-electron chi connectivity index (χ3n) is 4.15. The summed E-state index contributed by atoms with van der Waals surface area (Å²) < 4.78 is 0. The Hall–Kier alpha value is -0.450. The van der Waals surface area contributed by atoms with Crippen LogP contribution >= 0.6 is 11.3 Å². The fraction of sp³-hybridized carbons (Fsp3) is 0.769. The third-order valence-corrected chi connectivity index (χ3v) is 5.09. The summed E-state index contributed by atoms with van der Waals surface area (Å²) in [4.78, 5) is 7.09. The van der Waals surface area contributed by atoms with Crippen LogP contribution in [0.15, 0.2) is 11.6 Å². The van der Waals surface area contributed by atoms with E-state index >= 15 is 0 Å². The molecule has 1 aliphatic carbocycles. The van der Waals surface area contributed by atoms with Crippen molar-refractivity contribution in [2.75, 3.05) is 13.1 Å². The molecule has 3 rings (SSSR count). The van der Waals surface area contributed by atoms with E-state index in [1.54, 1.807) is 11.3 Å². The molecule has 2 heterocycles. The van der Waals surface area contributed by atoms with E-state index in [0.29, 0.717) is 18.1 Å². The Balaban J connectivity index is 1.70. The average Bonchev–Trinajstić information content (AvgIpc) is 3.04.